The number of hydrogen-bond donors (Lipinski definition) is 1. The van der Waals surface area contributed by atoms with E-state index in [0.717, 1.165) is 0 Å². The quantitative estimate of drug-likeness (QED) is 0.745. The predicted octanol–water partition coefficient (Wildman–Crippen LogP) is 2.32. The van der Waals surface area contributed by atoms with Crippen molar-refractivity contribution in [1.29, 1.82) is 0 Å². The number of sulfonamides is 1. The Hall–Kier alpha value is -3.04. The molecule has 0 unspecified atom stereocenters. The third-order valence-electron chi connectivity index (χ3n) is 3.75. The fraction of sp³-hybridized carbons (Fsp3) is 0.0556. The van der Waals surface area contributed by atoms with Gasteiger partial charge in [-0.15, -0.1) is 6.42 Å². The van der Waals surface area contributed by atoms with Crippen LogP contribution in [0.2, 0.25) is 0 Å². The van der Waals surface area contributed by atoms with Gasteiger partial charge in [0, 0.05) is 18.5 Å². The normalized spacial score (nSPS) is 11.2. The van der Waals surface area contributed by atoms with Crippen LogP contribution in [0.1, 0.15) is 5.56 Å². The lowest BCUT2D eigenvalue weighted by Gasteiger charge is -2.13. The Morgan fingerprint density at radius 2 is 1.75 bits per heavy atom. The summed E-state index contributed by atoms with van der Waals surface area (Å²) in [5.41, 5.74) is 1.16. The van der Waals surface area contributed by atoms with Gasteiger partial charge in [-0.25, -0.2) is 8.42 Å². The average molecular weight is 338 g/mol. The topological polar surface area (TPSA) is 68.2 Å². The number of fused-ring (bicyclic) bond motifs is 1. The number of anilines is 1. The van der Waals surface area contributed by atoms with E-state index in [1.54, 1.807) is 43.4 Å². The summed E-state index contributed by atoms with van der Waals surface area (Å²) in [6.07, 6.45) is 5.59. The van der Waals surface area contributed by atoms with E-state index < -0.39 is 10.0 Å². The fourth-order valence-corrected chi connectivity index (χ4v) is 3.59. The number of aromatic nitrogens is 1. The molecule has 0 amide bonds. The number of pyridine rings is 1. The van der Waals surface area contributed by atoms with Crippen LogP contribution in [-0.2, 0) is 17.1 Å². The summed E-state index contributed by atoms with van der Waals surface area (Å²) in [7, 11) is -2.11. The number of terminal acetylenes is 1. The standard InChI is InChI=1S/C18H14N2O3S/c1-3-14-15-9-12-18(21)20(2)17(15)11-10-16(14)19-24(22,23)13-7-5-4-6-8-13/h1,4-12,19H,2H3. The molecule has 0 atom stereocenters. The molecule has 3 aromatic rings. The van der Waals surface area contributed by atoms with Crippen LogP contribution in [0.15, 0.2) is 64.3 Å². The van der Waals surface area contributed by atoms with Crippen LogP contribution in [0.3, 0.4) is 0 Å². The van der Waals surface area contributed by atoms with Crippen LogP contribution in [0.25, 0.3) is 10.9 Å². The Morgan fingerprint density at radius 1 is 1.04 bits per heavy atom. The zero-order valence-corrected chi connectivity index (χ0v) is 13.7. The van der Waals surface area contributed by atoms with Crippen LogP contribution in [0.4, 0.5) is 5.69 Å². The van der Waals surface area contributed by atoms with Crippen LogP contribution in [0.5, 0.6) is 0 Å². The van der Waals surface area contributed by atoms with E-state index in [1.807, 2.05) is 0 Å². The molecule has 1 N–H and O–H groups in total. The smallest absolute Gasteiger partial charge is 0.261 e. The van der Waals surface area contributed by atoms with Crippen molar-refractivity contribution in [2.75, 3.05) is 4.72 Å². The fourth-order valence-electron chi connectivity index (χ4n) is 2.50. The lowest BCUT2D eigenvalue weighted by atomic mass is 10.1. The Bertz CT molecular complexity index is 1120. The van der Waals surface area contributed by atoms with Gasteiger partial charge < -0.3 is 4.57 Å². The predicted molar refractivity (Wildman–Crippen MR) is 94.4 cm³/mol. The van der Waals surface area contributed by atoms with E-state index in [0.29, 0.717) is 22.2 Å². The summed E-state index contributed by atoms with van der Waals surface area (Å²) in [5.74, 6) is 2.52. The van der Waals surface area contributed by atoms with Gasteiger partial charge in [0.05, 0.1) is 21.7 Å². The first-order chi connectivity index (χ1) is 11.4. The lowest BCUT2D eigenvalue weighted by Crippen LogP contribution is -2.17. The van der Waals surface area contributed by atoms with Crippen molar-refractivity contribution in [3.05, 3.63) is 70.5 Å². The molecule has 0 saturated heterocycles. The highest BCUT2D eigenvalue weighted by atomic mass is 32.2. The van der Waals surface area contributed by atoms with Gasteiger partial charge in [-0.05, 0) is 30.3 Å². The molecule has 120 valence electrons. The van der Waals surface area contributed by atoms with E-state index >= 15 is 0 Å². The summed E-state index contributed by atoms with van der Waals surface area (Å²) in [4.78, 5) is 11.9. The van der Waals surface area contributed by atoms with Gasteiger partial charge >= 0.3 is 0 Å². The van der Waals surface area contributed by atoms with Gasteiger partial charge in [0.1, 0.15) is 0 Å². The molecule has 1 aromatic heterocycles. The average Bonchev–Trinajstić information content (AvgIpc) is 2.58. The van der Waals surface area contributed by atoms with Crippen LogP contribution < -0.4 is 10.3 Å². The molecule has 3 rings (SSSR count). The van der Waals surface area contributed by atoms with Crippen molar-refractivity contribution < 1.29 is 8.42 Å². The number of nitrogens with one attached hydrogen (secondary N) is 1. The number of hydrogen-bond acceptors (Lipinski definition) is 3. The molecule has 0 spiro atoms. The monoisotopic (exact) mass is 338 g/mol. The second-order valence-electron chi connectivity index (χ2n) is 5.21. The number of rotatable bonds is 3. The molecule has 1 heterocycles. The maximum Gasteiger partial charge on any atom is 0.261 e. The van der Waals surface area contributed by atoms with Gasteiger partial charge in [0.2, 0.25) is 0 Å². The van der Waals surface area contributed by atoms with E-state index in [4.69, 9.17) is 6.42 Å². The summed E-state index contributed by atoms with van der Waals surface area (Å²) in [6.45, 7) is 0. The van der Waals surface area contributed by atoms with Crippen LogP contribution in [0, 0.1) is 12.3 Å². The Labute approximate surface area is 139 Å². The zero-order chi connectivity index (χ0) is 17.3. The minimum Gasteiger partial charge on any atom is -0.311 e. The Balaban J connectivity index is 2.17. The molecule has 24 heavy (non-hydrogen) atoms. The SMILES string of the molecule is C#Cc1c(NS(=O)(=O)c2ccccc2)ccc2c1ccc(=O)n2C. The van der Waals surface area contributed by atoms with Gasteiger partial charge in [0.15, 0.2) is 0 Å². The van der Waals surface area contributed by atoms with Crippen LogP contribution >= 0.6 is 0 Å². The summed E-state index contributed by atoms with van der Waals surface area (Å²) < 4.78 is 29.0. The van der Waals surface area contributed by atoms with E-state index in [1.165, 1.54) is 22.8 Å². The third-order valence-corrected chi connectivity index (χ3v) is 5.13. The van der Waals surface area contributed by atoms with E-state index in [2.05, 4.69) is 10.6 Å². The second-order valence-corrected chi connectivity index (χ2v) is 6.90. The molecule has 0 radical (unpaired) electrons. The van der Waals surface area contributed by atoms with Crippen molar-refractivity contribution in [3.8, 4) is 12.3 Å². The summed E-state index contributed by atoms with van der Waals surface area (Å²) in [6, 6.07) is 14.3. The van der Waals surface area contributed by atoms with E-state index in [9.17, 15) is 13.2 Å². The minimum absolute atomic E-state index is 0.147. The molecule has 2 aromatic carbocycles. The van der Waals surface area contributed by atoms with Gasteiger partial charge in [0.25, 0.3) is 15.6 Å². The molecule has 0 aliphatic carbocycles. The summed E-state index contributed by atoms with van der Waals surface area (Å²) >= 11 is 0. The zero-order valence-electron chi connectivity index (χ0n) is 12.9. The second kappa shape index (κ2) is 5.87. The summed E-state index contributed by atoms with van der Waals surface area (Å²) in [5, 5.41) is 0.632. The minimum atomic E-state index is -3.75. The molecular formula is C18H14N2O3S. The molecule has 6 heteroatoms. The maximum absolute atomic E-state index is 12.5. The highest BCUT2D eigenvalue weighted by Gasteiger charge is 2.17. The maximum atomic E-state index is 12.5. The molecule has 0 aliphatic heterocycles. The number of benzene rings is 2. The highest BCUT2D eigenvalue weighted by Crippen LogP contribution is 2.26. The molecule has 0 aliphatic rings. The number of aryl methyl sites for hydroxylation is 1. The van der Waals surface area contributed by atoms with Crippen molar-refractivity contribution >= 4 is 26.6 Å². The third kappa shape index (κ3) is 2.66. The first-order valence-corrected chi connectivity index (χ1v) is 8.59. The first-order valence-electron chi connectivity index (χ1n) is 7.11. The highest BCUT2D eigenvalue weighted by molar-refractivity contribution is 7.92. The van der Waals surface area contributed by atoms with Crippen LogP contribution in [-0.4, -0.2) is 13.0 Å². The molecule has 0 fully saturated rings. The molecular weight excluding hydrogens is 324 g/mol. The Kier molecular flexibility index (Phi) is 3.87. The van der Waals surface area contributed by atoms with Gasteiger partial charge in [-0.2, -0.15) is 0 Å². The molecule has 5 nitrogen and oxygen atoms in total. The lowest BCUT2D eigenvalue weighted by molar-refractivity contribution is 0.601. The van der Waals surface area contributed by atoms with Gasteiger partial charge in [-0.1, -0.05) is 24.1 Å². The van der Waals surface area contributed by atoms with Crippen molar-refractivity contribution in [2.45, 2.75) is 4.90 Å². The Morgan fingerprint density at radius 3 is 2.42 bits per heavy atom. The molecule has 0 bridgehead atoms. The largest absolute Gasteiger partial charge is 0.311 e. The van der Waals surface area contributed by atoms with Crippen molar-refractivity contribution in [2.24, 2.45) is 7.05 Å². The first kappa shape index (κ1) is 15.8. The molecule has 0 saturated carbocycles. The van der Waals surface area contributed by atoms with E-state index in [-0.39, 0.29) is 10.5 Å². The number of nitrogens with zero attached hydrogens (tertiary/aromatic N) is 1. The van der Waals surface area contributed by atoms with Crippen molar-refractivity contribution in [1.82, 2.24) is 4.57 Å². The van der Waals surface area contributed by atoms with Gasteiger partial charge in [-0.3, -0.25) is 9.52 Å². The van der Waals surface area contributed by atoms with Crippen molar-refractivity contribution in [3.63, 3.8) is 0 Å².